The van der Waals surface area contributed by atoms with E-state index in [2.05, 4.69) is 47.8 Å². The molecule has 1 saturated heterocycles. The van der Waals surface area contributed by atoms with Gasteiger partial charge in [0, 0.05) is 44.3 Å². The van der Waals surface area contributed by atoms with Crippen LogP contribution < -0.4 is 11.1 Å². The summed E-state index contributed by atoms with van der Waals surface area (Å²) < 4.78 is 0. The standard InChI is InChI=1S/C27H32N6/c1-17-8-21(24-7-6-23-18(2)4-5-25(23)19(24)3)16-33(14-17)15-20(10-28)12-31-27-9-26(30)22(11-29)13-32-27/h6-7,9-10,12-13,17,21,28H,2,4-5,8,14-16H2,1,3H3,(H3,30,31,32)/b20-12+,28-10?. The lowest BCUT2D eigenvalue weighted by Crippen LogP contribution is -2.40. The lowest BCUT2D eigenvalue weighted by Gasteiger charge is -2.37. The van der Waals surface area contributed by atoms with E-state index in [0.29, 0.717) is 35.4 Å². The van der Waals surface area contributed by atoms with Crippen LogP contribution in [0, 0.1) is 29.6 Å². The molecular weight excluding hydrogens is 408 g/mol. The van der Waals surface area contributed by atoms with Crippen molar-refractivity contribution in [2.24, 2.45) is 5.92 Å². The fourth-order valence-corrected chi connectivity index (χ4v) is 5.30. The van der Waals surface area contributed by atoms with Gasteiger partial charge >= 0.3 is 0 Å². The number of nitrogens with one attached hydrogen (secondary N) is 2. The van der Waals surface area contributed by atoms with Gasteiger partial charge in [0.2, 0.25) is 0 Å². The molecule has 2 heterocycles. The highest BCUT2D eigenvalue weighted by atomic mass is 15.1. The predicted octanol–water partition coefficient (Wildman–Crippen LogP) is 4.87. The highest BCUT2D eigenvalue weighted by Crippen LogP contribution is 2.39. The van der Waals surface area contributed by atoms with E-state index in [1.807, 2.05) is 6.07 Å². The van der Waals surface area contributed by atoms with E-state index in [9.17, 15) is 0 Å². The van der Waals surface area contributed by atoms with E-state index >= 15 is 0 Å². The summed E-state index contributed by atoms with van der Waals surface area (Å²) in [6.45, 7) is 11.5. The maximum absolute atomic E-state index is 9.01. The Hall–Kier alpha value is -3.43. The molecule has 2 aromatic rings. The zero-order chi connectivity index (χ0) is 23.5. The third kappa shape index (κ3) is 4.84. The normalized spacial score (nSPS) is 20.9. The summed E-state index contributed by atoms with van der Waals surface area (Å²) in [6.07, 6.45) is 8.03. The monoisotopic (exact) mass is 440 g/mol. The summed E-state index contributed by atoms with van der Waals surface area (Å²) in [6, 6.07) is 8.25. The lowest BCUT2D eigenvalue weighted by atomic mass is 9.81. The number of nitriles is 1. The van der Waals surface area contributed by atoms with Crippen molar-refractivity contribution >= 4 is 23.3 Å². The van der Waals surface area contributed by atoms with Crippen LogP contribution in [-0.2, 0) is 6.42 Å². The SMILES string of the molecule is C=C1CCc2c1ccc(C1CC(C)CN(C/C(C=N)=C/Nc3cc(N)c(C#N)cn3)C1)c2C. The number of allylic oxidation sites excluding steroid dienone is 1. The number of nitrogens with two attached hydrogens (primary N) is 1. The van der Waals surface area contributed by atoms with E-state index in [4.69, 9.17) is 16.4 Å². The average molecular weight is 441 g/mol. The summed E-state index contributed by atoms with van der Waals surface area (Å²) in [5.74, 6) is 1.64. The van der Waals surface area contributed by atoms with Gasteiger partial charge < -0.3 is 16.5 Å². The Morgan fingerprint density at radius 2 is 2.21 bits per heavy atom. The van der Waals surface area contributed by atoms with Crippen LogP contribution in [0.2, 0.25) is 0 Å². The Balaban J connectivity index is 1.47. The molecule has 1 aromatic heterocycles. The first-order chi connectivity index (χ1) is 15.9. The molecule has 2 atom stereocenters. The maximum atomic E-state index is 9.01. The Labute approximate surface area is 196 Å². The van der Waals surface area contributed by atoms with Crippen molar-refractivity contribution in [2.75, 3.05) is 30.7 Å². The van der Waals surface area contributed by atoms with Crippen LogP contribution in [0.25, 0.3) is 5.57 Å². The first kappa shape index (κ1) is 22.8. The highest BCUT2D eigenvalue weighted by Gasteiger charge is 2.29. The van der Waals surface area contributed by atoms with E-state index < -0.39 is 0 Å². The molecule has 1 fully saturated rings. The van der Waals surface area contributed by atoms with Crippen molar-refractivity contribution < 1.29 is 0 Å². The van der Waals surface area contributed by atoms with E-state index in [0.717, 1.165) is 31.5 Å². The summed E-state index contributed by atoms with van der Waals surface area (Å²) in [5, 5.41) is 20.0. The summed E-state index contributed by atoms with van der Waals surface area (Å²) in [7, 11) is 0. The van der Waals surface area contributed by atoms with Gasteiger partial charge in [-0.15, -0.1) is 0 Å². The number of anilines is 2. The van der Waals surface area contributed by atoms with Crippen LogP contribution in [0.1, 0.15) is 53.5 Å². The smallest absolute Gasteiger partial charge is 0.131 e. The second-order valence-corrected chi connectivity index (χ2v) is 9.42. The molecule has 33 heavy (non-hydrogen) atoms. The molecule has 0 amide bonds. The van der Waals surface area contributed by atoms with Gasteiger partial charge in [-0.05, 0) is 71.4 Å². The number of rotatable bonds is 6. The molecule has 1 aliphatic carbocycles. The number of piperidine rings is 1. The van der Waals surface area contributed by atoms with Crippen molar-refractivity contribution in [1.29, 1.82) is 10.7 Å². The van der Waals surface area contributed by atoms with Crippen molar-refractivity contribution in [3.63, 3.8) is 0 Å². The van der Waals surface area contributed by atoms with Gasteiger partial charge in [-0.25, -0.2) is 4.98 Å². The third-order valence-electron chi connectivity index (χ3n) is 6.93. The largest absolute Gasteiger partial charge is 0.398 e. The fourth-order valence-electron chi connectivity index (χ4n) is 5.30. The molecule has 0 saturated carbocycles. The Kier molecular flexibility index (Phi) is 6.62. The molecule has 1 aromatic carbocycles. The second kappa shape index (κ2) is 9.60. The molecule has 6 nitrogen and oxygen atoms in total. The van der Waals surface area contributed by atoms with Crippen LogP contribution in [-0.4, -0.2) is 35.7 Å². The minimum absolute atomic E-state index is 0.358. The van der Waals surface area contributed by atoms with Gasteiger partial charge in [-0.1, -0.05) is 25.6 Å². The number of aromatic nitrogens is 1. The molecule has 1 aliphatic heterocycles. The summed E-state index contributed by atoms with van der Waals surface area (Å²) in [5.41, 5.74) is 14.5. The Morgan fingerprint density at radius 1 is 1.39 bits per heavy atom. The van der Waals surface area contributed by atoms with E-state index in [1.165, 1.54) is 46.7 Å². The second-order valence-electron chi connectivity index (χ2n) is 9.42. The van der Waals surface area contributed by atoms with Crippen LogP contribution >= 0.6 is 0 Å². The van der Waals surface area contributed by atoms with Gasteiger partial charge in [0.15, 0.2) is 0 Å². The molecule has 2 aliphatic rings. The number of benzene rings is 1. The fraction of sp³-hybridized carbons (Fsp3) is 0.370. The van der Waals surface area contributed by atoms with Crippen molar-refractivity contribution in [1.82, 2.24) is 9.88 Å². The van der Waals surface area contributed by atoms with E-state index in [1.54, 1.807) is 12.3 Å². The number of pyridine rings is 1. The molecule has 4 rings (SSSR count). The van der Waals surface area contributed by atoms with Gasteiger partial charge in [-0.2, -0.15) is 5.26 Å². The molecule has 0 radical (unpaired) electrons. The number of hydrogen-bond donors (Lipinski definition) is 3. The topological polar surface area (TPSA) is 102 Å². The molecule has 170 valence electrons. The maximum Gasteiger partial charge on any atom is 0.131 e. The first-order valence-corrected chi connectivity index (χ1v) is 11.5. The molecular formula is C27H32N6. The number of likely N-dealkylation sites (tertiary alicyclic amines) is 1. The number of nitrogen functional groups attached to an aromatic ring is 1. The summed E-state index contributed by atoms with van der Waals surface area (Å²) in [4.78, 5) is 6.67. The molecule has 4 N–H and O–H groups in total. The highest BCUT2D eigenvalue weighted by molar-refractivity contribution is 5.77. The molecule has 6 heteroatoms. The van der Waals surface area contributed by atoms with Gasteiger partial charge in [0.1, 0.15) is 11.9 Å². The van der Waals surface area contributed by atoms with Crippen molar-refractivity contribution in [2.45, 2.75) is 39.0 Å². The van der Waals surface area contributed by atoms with Gasteiger partial charge in [0.25, 0.3) is 0 Å². The summed E-state index contributed by atoms with van der Waals surface area (Å²) >= 11 is 0. The lowest BCUT2D eigenvalue weighted by molar-refractivity contribution is 0.177. The van der Waals surface area contributed by atoms with Crippen LogP contribution in [0.15, 0.2) is 42.7 Å². The minimum Gasteiger partial charge on any atom is -0.398 e. The Bertz CT molecular complexity index is 1160. The van der Waals surface area contributed by atoms with Gasteiger partial charge in [-0.3, -0.25) is 4.90 Å². The third-order valence-corrected chi connectivity index (χ3v) is 6.93. The Morgan fingerprint density at radius 3 is 2.94 bits per heavy atom. The van der Waals surface area contributed by atoms with Crippen LogP contribution in [0.5, 0.6) is 0 Å². The van der Waals surface area contributed by atoms with Crippen molar-refractivity contribution in [3.05, 3.63) is 70.6 Å². The molecule has 2 unspecified atom stereocenters. The van der Waals surface area contributed by atoms with Gasteiger partial charge in [0.05, 0.1) is 11.3 Å². The van der Waals surface area contributed by atoms with Crippen molar-refractivity contribution in [3.8, 4) is 6.07 Å². The molecule has 0 spiro atoms. The predicted molar refractivity (Wildman–Crippen MR) is 135 cm³/mol. The van der Waals surface area contributed by atoms with E-state index in [-0.39, 0.29) is 0 Å². The van der Waals surface area contributed by atoms with Crippen LogP contribution in [0.4, 0.5) is 11.5 Å². The number of nitrogens with zero attached hydrogens (tertiary/aromatic N) is 3. The quantitative estimate of drug-likeness (QED) is 0.556. The minimum atomic E-state index is 0.358. The molecule has 0 bridgehead atoms. The van der Waals surface area contributed by atoms with Crippen LogP contribution in [0.3, 0.4) is 0 Å². The zero-order valence-corrected chi connectivity index (χ0v) is 19.5. The first-order valence-electron chi connectivity index (χ1n) is 11.5. The zero-order valence-electron chi connectivity index (χ0n) is 19.5. The average Bonchev–Trinajstić information content (AvgIpc) is 3.18. The number of fused-ring (bicyclic) bond motifs is 1. The number of hydrogen-bond acceptors (Lipinski definition) is 6.